The predicted molar refractivity (Wildman–Crippen MR) is 191 cm³/mol. The van der Waals surface area contributed by atoms with Crippen LogP contribution in [-0.2, 0) is 64.3 Å². The fraction of sp³-hybridized carbons (Fsp3) is 0.381. The Morgan fingerprint density at radius 1 is 0.647 bits per heavy atom. The Hall–Kier alpha value is -3.74. The lowest BCUT2D eigenvalue weighted by Gasteiger charge is -2.45. The fourth-order valence-electron chi connectivity index (χ4n) is 6.56. The summed E-state index contributed by atoms with van der Waals surface area (Å²) in [4.78, 5) is 0. The Labute approximate surface area is 300 Å². The summed E-state index contributed by atoms with van der Waals surface area (Å²) in [6, 6.07) is 39.4. The number of methoxy groups -OCH3 is 1. The molecule has 0 amide bonds. The highest BCUT2D eigenvalue weighted by molar-refractivity contribution is 5.19. The van der Waals surface area contributed by atoms with Gasteiger partial charge in [0.1, 0.15) is 36.1 Å². The smallest absolute Gasteiger partial charge is 0.187 e. The van der Waals surface area contributed by atoms with Gasteiger partial charge in [-0.25, -0.2) is 0 Å². The van der Waals surface area contributed by atoms with Crippen LogP contribution in [0.4, 0.5) is 0 Å². The zero-order valence-corrected chi connectivity index (χ0v) is 29.2. The van der Waals surface area contributed by atoms with Gasteiger partial charge in [0, 0.05) is 7.11 Å². The van der Waals surface area contributed by atoms with E-state index < -0.39 is 54.8 Å². The molecule has 0 spiro atoms. The maximum absolute atomic E-state index is 12.1. The highest BCUT2D eigenvalue weighted by Crippen LogP contribution is 2.40. The Morgan fingerprint density at radius 2 is 1.14 bits per heavy atom. The first-order valence-corrected chi connectivity index (χ1v) is 17.4. The summed E-state index contributed by atoms with van der Waals surface area (Å²) in [6.45, 7) is 7.27. The van der Waals surface area contributed by atoms with Crippen LogP contribution in [0.1, 0.15) is 29.2 Å². The second kappa shape index (κ2) is 18.1. The van der Waals surface area contributed by atoms with Crippen LogP contribution in [0.15, 0.2) is 134 Å². The largest absolute Gasteiger partial charge is 0.384 e. The number of hydrogen-bond donors (Lipinski definition) is 1. The molecule has 1 N–H and O–H groups in total. The van der Waals surface area contributed by atoms with E-state index in [1.54, 1.807) is 13.2 Å². The van der Waals surface area contributed by atoms with Crippen molar-refractivity contribution in [3.05, 3.63) is 156 Å². The van der Waals surface area contributed by atoms with E-state index in [1.807, 2.05) is 128 Å². The van der Waals surface area contributed by atoms with E-state index in [9.17, 15) is 5.11 Å². The number of benzene rings is 4. The molecule has 2 fully saturated rings. The van der Waals surface area contributed by atoms with Crippen LogP contribution in [0, 0.1) is 0 Å². The molecule has 51 heavy (non-hydrogen) atoms. The molecule has 270 valence electrons. The van der Waals surface area contributed by atoms with Gasteiger partial charge in [0.2, 0.25) is 0 Å². The van der Waals surface area contributed by atoms with Gasteiger partial charge in [-0.3, -0.25) is 0 Å². The van der Waals surface area contributed by atoms with Crippen LogP contribution >= 0.6 is 0 Å². The SMILES string of the molecule is C=C[C@@]1(OCc2ccccc2)[C@H](COCc2ccccc2)O[C@@H](O[C@@H]2[C@@H](OCc3ccccc3)[C@H](C)O[C@@H](OC)[C@@H]2OCc2ccccc2)[C@H]1O. The number of aliphatic hydroxyl groups excluding tert-OH is 1. The minimum absolute atomic E-state index is 0.110. The van der Waals surface area contributed by atoms with E-state index in [0.29, 0.717) is 13.2 Å². The zero-order valence-electron chi connectivity index (χ0n) is 29.2. The van der Waals surface area contributed by atoms with Crippen molar-refractivity contribution in [1.29, 1.82) is 0 Å². The lowest BCUT2D eigenvalue weighted by molar-refractivity contribution is -0.336. The first kappa shape index (κ1) is 37.0. The van der Waals surface area contributed by atoms with Crippen molar-refractivity contribution in [2.45, 2.75) is 88.2 Å². The van der Waals surface area contributed by atoms with Crippen molar-refractivity contribution in [2.75, 3.05) is 13.7 Å². The summed E-state index contributed by atoms with van der Waals surface area (Å²) in [5.74, 6) is 0. The molecular weight excluding hydrogens is 648 g/mol. The summed E-state index contributed by atoms with van der Waals surface area (Å²) in [6.07, 6.45) is -5.01. The Balaban J connectivity index is 1.27. The van der Waals surface area contributed by atoms with Crippen molar-refractivity contribution in [2.24, 2.45) is 0 Å². The van der Waals surface area contributed by atoms with E-state index in [4.69, 9.17) is 37.9 Å². The second-order valence-corrected chi connectivity index (χ2v) is 12.8. The third-order valence-electron chi connectivity index (χ3n) is 9.37. The number of aliphatic hydroxyl groups is 1. The highest BCUT2D eigenvalue weighted by Gasteiger charge is 2.59. The topological polar surface area (TPSA) is 94.1 Å². The number of hydrogen-bond acceptors (Lipinski definition) is 9. The molecule has 2 saturated heterocycles. The van der Waals surface area contributed by atoms with E-state index in [-0.39, 0.29) is 19.8 Å². The van der Waals surface area contributed by atoms with Gasteiger partial charge in [0.05, 0.1) is 39.1 Å². The normalized spacial score (nSPS) is 29.2. The second-order valence-electron chi connectivity index (χ2n) is 12.8. The lowest BCUT2D eigenvalue weighted by atomic mass is 9.92. The van der Waals surface area contributed by atoms with Crippen LogP contribution in [0.2, 0.25) is 0 Å². The van der Waals surface area contributed by atoms with Gasteiger partial charge in [-0.2, -0.15) is 0 Å². The monoisotopic (exact) mass is 696 g/mol. The number of rotatable bonds is 17. The third-order valence-corrected chi connectivity index (χ3v) is 9.37. The molecule has 0 aliphatic carbocycles. The van der Waals surface area contributed by atoms with E-state index in [1.165, 1.54) is 0 Å². The zero-order chi connectivity index (χ0) is 35.5. The van der Waals surface area contributed by atoms with Crippen LogP contribution < -0.4 is 0 Å². The average Bonchev–Trinajstić information content (AvgIpc) is 3.44. The molecule has 0 saturated carbocycles. The molecule has 0 radical (unpaired) electrons. The standard InChI is InChI=1S/C42H48O9/c1-4-42(48-28-34-23-15-8-16-24-34)35(29-45-25-31-17-9-5-10-18-31)50-41(39(42)43)51-37-36(46-26-32-19-11-6-12-20-32)30(2)49-40(44-3)38(37)47-27-33-21-13-7-14-22-33/h4-24,30,35-41,43H,1,25-29H2,2-3H3/t30-,35-,36-,37+,38+,39+,40+,41-,42+/m0/s1. The van der Waals surface area contributed by atoms with Crippen LogP contribution in [0.3, 0.4) is 0 Å². The Bertz CT molecular complexity index is 1590. The molecule has 0 bridgehead atoms. The molecule has 4 aromatic carbocycles. The molecule has 0 unspecified atom stereocenters. The van der Waals surface area contributed by atoms with Crippen molar-refractivity contribution in [3.63, 3.8) is 0 Å². The van der Waals surface area contributed by atoms with Crippen LogP contribution in [0.25, 0.3) is 0 Å². The number of ether oxygens (including phenoxy) is 8. The van der Waals surface area contributed by atoms with Gasteiger partial charge in [-0.05, 0) is 29.2 Å². The highest BCUT2D eigenvalue weighted by atomic mass is 16.8. The molecule has 2 aliphatic rings. The third kappa shape index (κ3) is 9.20. The molecule has 0 aromatic heterocycles. The van der Waals surface area contributed by atoms with E-state index in [0.717, 1.165) is 22.3 Å². The van der Waals surface area contributed by atoms with Gasteiger partial charge >= 0.3 is 0 Å². The minimum atomic E-state index is -1.37. The molecule has 4 aromatic rings. The molecular formula is C42H48O9. The summed E-state index contributed by atoms with van der Waals surface area (Å²) in [5, 5.41) is 12.1. The Morgan fingerprint density at radius 3 is 1.65 bits per heavy atom. The van der Waals surface area contributed by atoms with Gasteiger partial charge in [-0.1, -0.05) is 127 Å². The lowest BCUT2D eigenvalue weighted by Crippen LogP contribution is -2.61. The summed E-state index contributed by atoms with van der Waals surface area (Å²) < 4.78 is 51.2. The maximum atomic E-state index is 12.1. The van der Waals surface area contributed by atoms with Crippen LogP contribution in [-0.4, -0.2) is 73.6 Å². The van der Waals surface area contributed by atoms with Gasteiger partial charge < -0.3 is 43.0 Å². The van der Waals surface area contributed by atoms with E-state index in [2.05, 4.69) is 6.58 Å². The molecule has 6 rings (SSSR count). The Kier molecular flexibility index (Phi) is 13.2. The maximum Gasteiger partial charge on any atom is 0.187 e. The molecule has 9 atom stereocenters. The fourth-order valence-corrected chi connectivity index (χ4v) is 6.56. The first-order valence-electron chi connectivity index (χ1n) is 17.4. The average molecular weight is 697 g/mol. The van der Waals surface area contributed by atoms with E-state index >= 15 is 0 Å². The van der Waals surface area contributed by atoms with Crippen LogP contribution in [0.5, 0.6) is 0 Å². The summed E-state index contributed by atoms with van der Waals surface area (Å²) in [5.41, 5.74) is 2.54. The summed E-state index contributed by atoms with van der Waals surface area (Å²) >= 11 is 0. The predicted octanol–water partition coefficient (Wildman–Crippen LogP) is 6.38. The van der Waals surface area contributed by atoms with Crippen molar-refractivity contribution >= 4 is 0 Å². The molecule has 2 heterocycles. The first-order chi connectivity index (χ1) is 25.0. The van der Waals surface area contributed by atoms with Crippen molar-refractivity contribution in [1.82, 2.24) is 0 Å². The summed E-state index contributed by atoms with van der Waals surface area (Å²) in [7, 11) is 1.57. The minimum Gasteiger partial charge on any atom is -0.384 e. The van der Waals surface area contributed by atoms with Crippen molar-refractivity contribution < 1.29 is 43.0 Å². The van der Waals surface area contributed by atoms with Gasteiger partial charge in [0.25, 0.3) is 0 Å². The molecule has 9 heteroatoms. The molecule has 9 nitrogen and oxygen atoms in total. The molecule has 2 aliphatic heterocycles. The van der Waals surface area contributed by atoms with Gasteiger partial charge in [-0.15, -0.1) is 6.58 Å². The quantitative estimate of drug-likeness (QED) is 0.126. The van der Waals surface area contributed by atoms with Gasteiger partial charge in [0.15, 0.2) is 12.6 Å². The van der Waals surface area contributed by atoms with Crippen molar-refractivity contribution in [3.8, 4) is 0 Å².